The summed E-state index contributed by atoms with van der Waals surface area (Å²) in [7, 11) is 0. The van der Waals surface area contributed by atoms with E-state index in [1.165, 1.54) is 5.56 Å². The van der Waals surface area contributed by atoms with Crippen LogP contribution in [0.15, 0.2) is 18.2 Å². The lowest BCUT2D eigenvalue weighted by atomic mass is 10.1. The number of nitrogens with zero attached hydrogens (tertiary/aromatic N) is 1. The molecule has 0 aliphatic heterocycles. The number of hydrogen-bond acceptors (Lipinski definition) is 2. The Morgan fingerprint density at radius 3 is 2.75 bits per heavy atom. The fourth-order valence-electron chi connectivity index (χ4n) is 1.77. The van der Waals surface area contributed by atoms with E-state index in [0.29, 0.717) is 5.92 Å². The van der Waals surface area contributed by atoms with Crippen molar-refractivity contribution in [3.63, 3.8) is 0 Å². The zero-order chi connectivity index (χ0) is 11.7. The molecule has 0 fully saturated rings. The molecular weight excluding hydrogens is 198 g/mol. The smallest absolute Gasteiger partial charge is 0.124 e. The lowest BCUT2D eigenvalue weighted by molar-refractivity contribution is 0.495. The zero-order valence-electron chi connectivity index (χ0n) is 10.1. The molecule has 86 valence electrons. The molecule has 0 radical (unpaired) electrons. The van der Waals surface area contributed by atoms with E-state index in [9.17, 15) is 0 Å². The minimum atomic E-state index is -0.0162. The number of benzene rings is 1. The van der Waals surface area contributed by atoms with Crippen molar-refractivity contribution in [3.05, 3.63) is 29.6 Å². The van der Waals surface area contributed by atoms with Gasteiger partial charge in [-0.1, -0.05) is 26.8 Å². The molecule has 1 atom stereocenters. The van der Waals surface area contributed by atoms with Crippen LogP contribution in [0, 0.1) is 5.92 Å². The molecule has 1 unspecified atom stereocenters. The van der Waals surface area contributed by atoms with Crippen molar-refractivity contribution in [3.8, 4) is 0 Å². The normalized spacial score (nSPS) is 13.6. The molecule has 2 aromatic rings. The highest BCUT2D eigenvalue weighted by molar-refractivity contribution is 5.76. The van der Waals surface area contributed by atoms with Gasteiger partial charge >= 0.3 is 0 Å². The van der Waals surface area contributed by atoms with E-state index in [0.717, 1.165) is 23.3 Å². The molecule has 0 bridgehead atoms. The van der Waals surface area contributed by atoms with Crippen LogP contribution in [0.3, 0.4) is 0 Å². The number of nitrogens with one attached hydrogen (secondary N) is 1. The van der Waals surface area contributed by atoms with Crippen LogP contribution in [0.2, 0.25) is 0 Å². The average molecular weight is 217 g/mol. The van der Waals surface area contributed by atoms with Gasteiger partial charge < -0.3 is 10.7 Å². The van der Waals surface area contributed by atoms with Crippen molar-refractivity contribution in [2.75, 3.05) is 0 Å². The van der Waals surface area contributed by atoms with Crippen LogP contribution in [0.4, 0.5) is 0 Å². The first-order valence-corrected chi connectivity index (χ1v) is 5.86. The van der Waals surface area contributed by atoms with Crippen molar-refractivity contribution < 1.29 is 0 Å². The number of rotatable bonds is 3. The first kappa shape index (κ1) is 11.1. The molecular formula is C13H19N3. The van der Waals surface area contributed by atoms with Crippen molar-refractivity contribution in [1.82, 2.24) is 9.97 Å². The predicted octanol–water partition coefficient (Wildman–Crippen LogP) is 2.78. The summed E-state index contributed by atoms with van der Waals surface area (Å²) in [4.78, 5) is 7.84. The van der Waals surface area contributed by atoms with Gasteiger partial charge in [-0.15, -0.1) is 0 Å². The second-order valence-electron chi connectivity index (χ2n) is 4.60. The number of imidazole rings is 1. The van der Waals surface area contributed by atoms with E-state index >= 15 is 0 Å². The van der Waals surface area contributed by atoms with Crippen LogP contribution in [-0.4, -0.2) is 9.97 Å². The van der Waals surface area contributed by atoms with Gasteiger partial charge in [0, 0.05) is 0 Å². The van der Waals surface area contributed by atoms with Crippen LogP contribution < -0.4 is 5.73 Å². The first-order valence-electron chi connectivity index (χ1n) is 5.86. The third-order valence-electron chi connectivity index (χ3n) is 3.01. The highest BCUT2D eigenvalue weighted by atomic mass is 15.0. The van der Waals surface area contributed by atoms with Crippen molar-refractivity contribution in [1.29, 1.82) is 0 Å². The number of hydrogen-bond donors (Lipinski definition) is 2. The lowest BCUT2D eigenvalue weighted by Crippen LogP contribution is -2.17. The molecule has 1 heterocycles. The van der Waals surface area contributed by atoms with Crippen molar-refractivity contribution in [2.24, 2.45) is 11.7 Å². The van der Waals surface area contributed by atoms with E-state index in [4.69, 9.17) is 5.73 Å². The number of aromatic amines is 1. The van der Waals surface area contributed by atoms with Gasteiger partial charge in [0.2, 0.25) is 0 Å². The second kappa shape index (κ2) is 4.26. The Bertz CT molecular complexity index is 485. The fourth-order valence-corrected chi connectivity index (χ4v) is 1.77. The Kier molecular flexibility index (Phi) is 2.97. The van der Waals surface area contributed by atoms with Crippen LogP contribution in [0.1, 0.15) is 38.2 Å². The highest BCUT2D eigenvalue weighted by Gasteiger charge is 2.14. The molecule has 0 saturated carbocycles. The standard InChI is InChI=1S/C13H19N3/c1-4-9-5-6-10-11(7-9)16-13(15-10)12(14)8(2)3/h5-8,12H,4,14H2,1-3H3,(H,15,16). The number of aryl methyl sites for hydroxylation is 1. The van der Waals surface area contributed by atoms with Gasteiger partial charge in [0.25, 0.3) is 0 Å². The van der Waals surface area contributed by atoms with Crippen molar-refractivity contribution >= 4 is 11.0 Å². The molecule has 0 aliphatic carbocycles. The molecule has 0 amide bonds. The average Bonchev–Trinajstić information content (AvgIpc) is 2.69. The summed E-state index contributed by atoms with van der Waals surface area (Å²) in [5, 5.41) is 0. The Balaban J connectivity index is 2.43. The number of aromatic nitrogens is 2. The van der Waals surface area contributed by atoms with Gasteiger partial charge in [-0.05, 0) is 30.0 Å². The minimum Gasteiger partial charge on any atom is -0.341 e. The molecule has 16 heavy (non-hydrogen) atoms. The van der Waals surface area contributed by atoms with Gasteiger partial charge in [0.15, 0.2) is 0 Å². The summed E-state index contributed by atoms with van der Waals surface area (Å²) in [6.45, 7) is 6.36. The Morgan fingerprint density at radius 1 is 1.38 bits per heavy atom. The maximum absolute atomic E-state index is 6.08. The molecule has 3 nitrogen and oxygen atoms in total. The maximum Gasteiger partial charge on any atom is 0.124 e. The Labute approximate surface area is 96.1 Å². The van der Waals surface area contributed by atoms with Gasteiger partial charge in [-0.25, -0.2) is 4.98 Å². The number of H-pyrrole nitrogens is 1. The monoisotopic (exact) mass is 217 g/mol. The Hall–Kier alpha value is -1.35. The second-order valence-corrected chi connectivity index (χ2v) is 4.60. The molecule has 0 saturated heterocycles. The van der Waals surface area contributed by atoms with E-state index in [1.807, 2.05) is 0 Å². The summed E-state index contributed by atoms with van der Waals surface area (Å²) < 4.78 is 0. The molecule has 1 aromatic carbocycles. The van der Waals surface area contributed by atoms with E-state index in [-0.39, 0.29) is 6.04 Å². The Morgan fingerprint density at radius 2 is 2.12 bits per heavy atom. The van der Waals surface area contributed by atoms with Crippen LogP contribution in [-0.2, 0) is 6.42 Å². The highest BCUT2D eigenvalue weighted by Crippen LogP contribution is 2.20. The fraction of sp³-hybridized carbons (Fsp3) is 0.462. The van der Waals surface area contributed by atoms with Gasteiger partial charge in [0.1, 0.15) is 5.82 Å². The maximum atomic E-state index is 6.08. The van der Waals surface area contributed by atoms with Gasteiger partial charge in [0.05, 0.1) is 17.1 Å². The summed E-state index contributed by atoms with van der Waals surface area (Å²) in [5.41, 5.74) is 9.49. The summed E-state index contributed by atoms with van der Waals surface area (Å²) in [5.74, 6) is 1.28. The SMILES string of the molecule is CCc1ccc2nc(C(N)C(C)C)[nH]c2c1. The first-order chi connectivity index (χ1) is 7.61. The lowest BCUT2D eigenvalue weighted by Gasteiger charge is -2.11. The summed E-state index contributed by atoms with van der Waals surface area (Å²) in [6.07, 6.45) is 1.04. The van der Waals surface area contributed by atoms with E-state index < -0.39 is 0 Å². The minimum absolute atomic E-state index is 0.0162. The molecule has 1 aromatic heterocycles. The van der Waals surface area contributed by atoms with E-state index in [2.05, 4.69) is 48.9 Å². The quantitative estimate of drug-likeness (QED) is 0.830. The van der Waals surface area contributed by atoms with Gasteiger partial charge in [-0.2, -0.15) is 0 Å². The zero-order valence-corrected chi connectivity index (χ0v) is 10.1. The molecule has 0 aliphatic rings. The van der Waals surface area contributed by atoms with Crippen LogP contribution in [0.25, 0.3) is 11.0 Å². The van der Waals surface area contributed by atoms with E-state index in [1.54, 1.807) is 0 Å². The van der Waals surface area contributed by atoms with Crippen LogP contribution in [0.5, 0.6) is 0 Å². The largest absolute Gasteiger partial charge is 0.341 e. The summed E-state index contributed by atoms with van der Waals surface area (Å²) >= 11 is 0. The number of nitrogens with two attached hydrogens (primary N) is 1. The van der Waals surface area contributed by atoms with Gasteiger partial charge in [-0.3, -0.25) is 0 Å². The van der Waals surface area contributed by atoms with Crippen LogP contribution >= 0.6 is 0 Å². The topological polar surface area (TPSA) is 54.7 Å². The molecule has 2 rings (SSSR count). The third kappa shape index (κ3) is 1.95. The third-order valence-corrected chi connectivity index (χ3v) is 3.01. The molecule has 3 heteroatoms. The summed E-state index contributed by atoms with van der Waals surface area (Å²) in [6, 6.07) is 6.31. The van der Waals surface area contributed by atoms with Crippen molar-refractivity contribution in [2.45, 2.75) is 33.2 Å². The molecule has 3 N–H and O–H groups in total. The predicted molar refractivity (Wildman–Crippen MR) is 67.2 cm³/mol. The number of fused-ring (bicyclic) bond motifs is 1. The molecule has 0 spiro atoms.